The third-order valence-corrected chi connectivity index (χ3v) is 5.33. The highest BCUT2D eigenvalue weighted by molar-refractivity contribution is 7.99. The van der Waals surface area contributed by atoms with Gasteiger partial charge in [-0.1, -0.05) is 29.5 Å². The molecule has 1 aromatic heterocycles. The van der Waals surface area contributed by atoms with Crippen molar-refractivity contribution < 1.29 is 14.3 Å². The molecule has 3 amide bonds. The van der Waals surface area contributed by atoms with Gasteiger partial charge in [-0.3, -0.25) is 14.7 Å². The van der Waals surface area contributed by atoms with Crippen LogP contribution in [0.1, 0.15) is 24.0 Å². The summed E-state index contributed by atoms with van der Waals surface area (Å²) in [6.45, 7) is 4.93. The standard InChI is InChI=1S/C18H23N5O4S/c1-11-5-6-14(12(2)8-11)19-16(25)20-15(24)10-28-18-22-21-17(26)23(18)9-13-4-3-7-27-13/h5-6,8,13H,3-4,7,9-10H2,1-2H3,(H,21,26)(H2,19,20,24,25). The summed E-state index contributed by atoms with van der Waals surface area (Å²) >= 11 is 1.09. The summed E-state index contributed by atoms with van der Waals surface area (Å²) in [5, 5.41) is 11.7. The number of thioether (sulfide) groups is 1. The Morgan fingerprint density at radius 1 is 1.39 bits per heavy atom. The predicted molar refractivity (Wildman–Crippen MR) is 106 cm³/mol. The van der Waals surface area contributed by atoms with Gasteiger partial charge >= 0.3 is 11.7 Å². The summed E-state index contributed by atoms with van der Waals surface area (Å²) < 4.78 is 7.01. The number of anilines is 1. The molecule has 0 saturated carbocycles. The van der Waals surface area contributed by atoms with E-state index < -0.39 is 11.9 Å². The number of urea groups is 1. The Balaban J connectivity index is 1.51. The molecule has 9 nitrogen and oxygen atoms in total. The molecule has 150 valence electrons. The molecule has 1 unspecified atom stereocenters. The van der Waals surface area contributed by atoms with Crippen LogP contribution < -0.4 is 16.3 Å². The number of ether oxygens (including phenoxy) is 1. The maximum absolute atomic E-state index is 12.1. The molecule has 28 heavy (non-hydrogen) atoms. The molecule has 0 aliphatic carbocycles. The summed E-state index contributed by atoms with van der Waals surface area (Å²) in [6, 6.07) is 5.01. The highest BCUT2D eigenvalue weighted by Crippen LogP contribution is 2.18. The van der Waals surface area contributed by atoms with Crippen molar-refractivity contribution in [3.63, 3.8) is 0 Å². The minimum atomic E-state index is -0.601. The number of hydrogen-bond donors (Lipinski definition) is 3. The van der Waals surface area contributed by atoms with Crippen molar-refractivity contribution in [1.82, 2.24) is 20.1 Å². The number of amides is 3. The lowest BCUT2D eigenvalue weighted by molar-refractivity contribution is -0.117. The van der Waals surface area contributed by atoms with E-state index in [2.05, 4.69) is 20.8 Å². The third kappa shape index (κ3) is 5.23. The number of rotatable bonds is 6. The zero-order chi connectivity index (χ0) is 20.1. The molecule has 0 bridgehead atoms. The summed E-state index contributed by atoms with van der Waals surface area (Å²) in [4.78, 5) is 36.0. The molecule has 2 heterocycles. The Kier molecular flexibility index (Phi) is 6.53. The lowest BCUT2D eigenvalue weighted by Crippen LogP contribution is -2.35. The molecule has 1 atom stereocenters. The van der Waals surface area contributed by atoms with Gasteiger partial charge in [0.1, 0.15) is 0 Å². The Morgan fingerprint density at radius 2 is 2.21 bits per heavy atom. The van der Waals surface area contributed by atoms with Crippen LogP contribution in [-0.2, 0) is 16.1 Å². The second kappa shape index (κ2) is 9.07. The molecular formula is C18H23N5O4S. The minimum Gasteiger partial charge on any atom is -0.376 e. The van der Waals surface area contributed by atoms with E-state index in [1.54, 1.807) is 6.07 Å². The number of hydrogen-bond acceptors (Lipinski definition) is 6. The summed E-state index contributed by atoms with van der Waals surface area (Å²) in [5.74, 6) is -0.526. The van der Waals surface area contributed by atoms with Crippen LogP contribution in [0.25, 0.3) is 0 Å². The predicted octanol–water partition coefficient (Wildman–Crippen LogP) is 1.81. The number of imide groups is 1. The fourth-order valence-electron chi connectivity index (χ4n) is 2.97. The number of H-pyrrole nitrogens is 1. The van der Waals surface area contributed by atoms with E-state index >= 15 is 0 Å². The van der Waals surface area contributed by atoms with E-state index in [9.17, 15) is 14.4 Å². The number of aromatic nitrogens is 3. The van der Waals surface area contributed by atoms with E-state index in [-0.39, 0.29) is 17.5 Å². The van der Waals surface area contributed by atoms with Gasteiger partial charge in [-0.2, -0.15) is 0 Å². The van der Waals surface area contributed by atoms with Crippen LogP contribution >= 0.6 is 11.8 Å². The first-order chi connectivity index (χ1) is 13.4. The number of carbonyl (C=O) groups is 2. The first-order valence-corrected chi connectivity index (χ1v) is 9.98. The summed E-state index contributed by atoms with van der Waals surface area (Å²) in [5.41, 5.74) is 2.29. The van der Waals surface area contributed by atoms with Crippen molar-refractivity contribution >= 4 is 29.4 Å². The Labute approximate surface area is 166 Å². The Morgan fingerprint density at radius 3 is 2.93 bits per heavy atom. The van der Waals surface area contributed by atoms with Crippen molar-refractivity contribution in [2.45, 2.75) is 44.5 Å². The maximum atomic E-state index is 12.1. The molecule has 1 aliphatic heterocycles. The highest BCUT2D eigenvalue weighted by atomic mass is 32.2. The van der Waals surface area contributed by atoms with Gasteiger partial charge in [0, 0.05) is 12.3 Å². The average Bonchev–Trinajstić information content (AvgIpc) is 3.27. The van der Waals surface area contributed by atoms with Crippen LogP contribution in [0, 0.1) is 13.8 Å². The number of nitrogens with one attached hydrogen (secondary N) is 3. The molecule has 0 radical (unpaired) electrons. The van der Waals surface area contributed by atoms with Crippen LogP contribution in [0.15, 0.2) is 28.2 Å². The number of aromatic amines is 1. The minimum absolute atomic E-state index is 0.0213. The first kappa shape index (κ1) is 20.2. The van der Waals surface area contributed by atoms with E-state index in [0.29, 0.717) is 24.0 Å². The van der Waals surface area contributed by atoms with Crippen LogP contribution in [0.2, 0.25) is 0 Å². The van der Waals surface area contributed by atoms with Gasteiger partial charge in [-0.25, -0.2) is 14.7 Å². The summed E-state index contributed by atoms with van der Waals surface area (Å²) in [6.07, 6.45) is 1.84. The van der Waals surface area contributed by atoms with Crippen LogP contribution in [0.4, 0.5) is 10.5 Å². The van der Waals surface area contributed by atoms with Crippen LogP contribution in [-0.4, -0.2) is 45.2 Å². The number of nitrogens with zero attached hydrogens (tertiary/aromatic N) is 2. The fraction of sp³-hybridized carbons (Fsp3) is 0.444. The molecule has 3 rings (SSSR count). The topological polar surface area (TPSA) is 118 Å². The van der Waals surface area contributed by atoms with Crippen molar-refractivity contribution in [2.24, 2.45) is 0 Å². The maximum Gasteiger partial charge on any atom is 0.344 e. The second-order valence-electron chi connectivity index (χ2n) is 6.67. The average molecular weight is 405 g/mol. The number of benzene rings is 1. The molecule has 1 fully saturated rings. The normalized spacial score (nSPS) is 16.1. The highest BCUT2D eigenvalue weighted by Gasteiger charge is 2.20. The summed E-state index contributed by atoms with van der Waals surface area (Å²) in [7, 11) is 0. The molecule has 0 spiro atoms. The van der Waals surface area contributed by atoms with E-state index in [1.807, 2.05) is 26.0 Å². The molecule has 3 N–H and O–H groups in total. The van der Waals surface area contributed by atoms with Crippen molar-refractivity contribution in [2.75, 3.05) is 17.7 Å². The van der Waals surface area contributed by atoms with E-state index in [4.69, 9.17) is 4.74 Å². The quantitative estimate of drug-likeness (QED) is 0.631. The third-order valence-electron chi connectivity index (χ3n) is 4.35. The zero-order valence-corrected chi connectivity index (χ0v) is 16.6. The second-order valence-corrected chi connectivity index (χ2v) is 7.61. The van der Waals surface area contributed by atoms with Crippen LogP contribution in [0.5, 0.6) is 0 Å². The molecule has 1 aliphatic rings. The molecule has 1 saturated heterocycles. The van der Waals surface area contributed by atoms with Crippen molar-refractivity contribution in [1.29, 1.82) is 0 Å². The van der Waals surface area contributed by atoms with Gasteiger partial charge in [0.25, 0.3) is 0 Å². The lowest BCUT2D eigenvalue weighted by Gasteiger charge is -2.11. The SMILES string of the molecule is Cc1ccc(NC(=O)NC(=O)CSc2n[nH]c(=O)n2CC2CCCO2)c(C)c1. The van der Waals surface area contributed by atoms with Gasteiger partial charge in [-0.15, -0.1) is 5.10 Å². The Bertz CT molecular complexity index is 917. The van der Waals surface area contributed by atoms with Gasteiger partial charge < -0.3 is 10.1 Å². The molecule has 2 aromatic rings. The van der Waals surface area contributed by atoms with Crippen molar-refractivity contribution in [3.05, 3.63) is 39.8 Å². The number of carbonyl (C=O) groups excluding carboxylic acids is 2. The largest absolute Gasteiger partial charge is 0.376 e. The number of aryl methyl sites for hydroxylation is 2. The van der Waals surface area contributed by atoms with Crippen LogP contribution in [0.3, 0.4) is 0 Å². The zero-order valence-electron chi connectivity index (χ0n) is 15.8. The fourth-order valence-corrected chi connectivity index (χ4v) is 3.72. The first-order valence-electron chi connectivity index (χ1n) is 9.00. The van der Waals surface area contributed by atoms with Gasteiger partial charge in [-0.05, 0) is 38.3 Å². The van der Waals surface area contributed by atoms with E-state index in [0.717, 1.165) is 35.7 Å². The van der Waals surface area contributed by atoms with Crippen molar-refractivity contribution in [3.8, 4) is 0 Å². The molecule has 10 heteroatoms. The monoisotopic (exact) mass is 405 g/mol. The molecule has 1 aromatic carbocycles. The van der Waals surface area contributed by atoms with Gasteiger partial charge in [0.15, 0.2) is 5.16 Å². The lowest BCUT2D eigenvalue weighted by atomic mass is 10.1. The Hall–Kier alpha value is -2.59. The molecular weight excluding hydrogens is 382 g/mol. The van der Waals surface area contributed by atoms with E-state index in [1.165, 1.54) is 4.57 Å². The smallest absolute Gasteiger partial charge is 0.344 e. The van der Waals surface area contributed by atoms with Gasteiger partial charge in [0.2, 0.25) is 5.91 Å². The van der Waals surface area contributed by atoms with Gasteiger partial charge in [0.05, 0.1) is 18.4 Å².